The van der Waals surface area contributed by atoms with Crippen molar-refractivity contribution in [1.82, 2.24) is 10.2 Å². The maximum absolute atomic E-state index is 6.46. The Morgan fingerprint density at radius 1 is 1.28 bits per heavy atom. The Morgan fingerprint density at radius 3 is 2.66 bits per heavy atom. The molecule has 1 saturated heterocycles. The molecule has 0 amide bonds. The van der Waals surface area contributed by atoms with E-state index in [0.29, 0.717) is 5.92 Å². The number of nitrogens with two attached hydrogens (primary N) is 1. The number of aliphatic imine (C=N–C) groups is 1. The predicted molar refractivity (Wildman–Crippen MR) is 141 cm³/mol. The van der Waals surface area contributed by atoms with Crippen molar-refractivity contribution in [1.29, 1.82) is 0 Å². The second kappa shape index (κ2) is 13.3. The van der Waals surface area contributed by atoms with E-state index in [2.05, 4.69) is 35.0 Å². The number of hydrogen-bond donors (Lipinski definition) is 2. The van der Waals surface area contributed by atoms with E-state index in [1.54, 1.807) is 6.20 Å². The van der Waals surface area contributed by atoms with Gasteiger partial charge in [-0.15, -0.1) is 0 Å². The third-order valence-electron chi connectivity index (χ3n) is 5.96. The van der Waals surface area contributed by atoms with Crippen molar-refractivity contribution in [3.63, 3.8) is 0 Å². The number of nitrogens with zero attached hydrogens (tertiary/aromatic N) is 2. The number of halogens is 1. The molecule has 1 aromatic carbocycles. The summed E-state index contributed by atoms with van der Waals surface area (Å²) in [6, 6.07) is 6.32. The van der Waals surface area contributed by atoms with Crippen molar-refractivity contribution in [2.24, 2.45) is 16.6 Å². The zero-order valence-electron chi connectivity index (χ0n) is 20.1. The van der Waals surface area contributed by atoms with Gasteiger partial charge in [0.15, 0.2) is 0 Å². The fraction of sp³-hybridized carbons (Fsp3) is 0.444. The summed E-state index contributed by atoms with van der Waals surface area (Å²) < 4.78 is 0. The van der Waals surface area contributed by atoms with Crippen molar-refractivity contribution in [3.05, 3.63) is 77.3 Å². The number of rotatable bonds is 6. The van der Waals surface area contributed by atoms with Gasteiger partial charge in [-0.3, -0.25) is 4.99 Å². The number of piperidine rings is 1. The quantitative estimate of drug-likeness (QED) is 0.543. The Balaban J connectivity index is 0.00000176. The van der Waals surface area contributed by atoms with Crippen LogP contribution in [0.5, 0.6) is 0 Å². The molecule has 4 nitrogen and oxygen atoms in total. The molecule has 3 rings (SSSR count). The van der Waals surface area contributed by atoms with Gasteiger partial charge in [-0.2, -0.15) is 0 Å². The first kappa shape index (κ1) is 26.0. The first-order valence-electron chi connectivity index (χ1n) is 11.7. The molecule has 0 spiro atoms. The molecule has 5 heteroatoms. The summed E-state index contributed by atoms with van der Waals surface area (Å²) in [5.41, 5.74) is 11.4. The molecule has 0 bridgehead atoms. The fourth-order valence-electron chi connectivity index (χ4n) is 4.48. The normalized spacial score (nSPS) is 20.7. The molecule has 2 aliphatic rings. The highest BCUT2D eigenvalue weighted by atomic mass is 35.5. The summed E-state index contributed by atoms with van der Waals surface area (Å²) >= 11 is 6.46. The van der Waals surface area contributed by atoms with Gasteiger partial charge in [-0.25, -0.2) is 0 Å². The van der Waals surface area contributed by atoms with Crippen LogP contribution in [0.3, 0.4) is 0 Å². The maximum Gasteiger partial charge on any atom is 0.0547 e. The van der Waals surface area contributed by atoms with E-state index in [0.717, 1.165) is 55.2 Å². The van der Waals surface area contributed by atoms with Gasteiger partial charge in [-0.1, -0.05) is 44.2 Å². The highest BCUT2D eigenvalue weighted by Crippen LogP contribution is 2.42. The first-order chi connectivity index (χ1) is 15.5. The third kappa shape index (κ3) is 6.60. The summed E-state index contributed by atoms with van der Waals surface area (Å²) in [6.07, 6.45) is 12.7. The van der Waals surface area contributed by atoms with Gasteiger partial charge < -0.3 is 16.0 Å². The Morgan fingerprint density at radius 2 is 2.00 bits per heavy atom. The largest absolute Gasteiger partial charge is 0.403 e. The van der Waals surface area contributed by atoms with Gasteiger partial charge in [0.1, 0.15) is 0 Å². The Labute approximate surface area is 199 Å². The van der Waals surface area contributed by atoms with E-state index in [9.17, 15) is 0 Å². The summed E-state index contributed by atoms with van der Waals surface area (Å²) in [5, 5.41) is 4.26. The van der Waals surface area contributed by atoms with Crippen molar-refractivity contribution < 1.29 is 0 Å². The van der Waals surface area contributed by atoms with Gasteiger partial charge in [0, 0.05) is 43.1 Å². The lowest BCUT2D eigenvalue weighted by Crippen LogP contribution is -2.34. The monoisotopic (exact) mass is 454 g/mol. The van der Waals surface area contributed by atoms with Gasteiger partial charge >= 0.3 is 0 Å². The first-order valence-corrected chi connectivity index (χ1v) is 12.1. The van der Waals surface area contributed by atoms with Crippen molar-refractivity contribution in [3.8, 4) is 0 Å². The molecule has 1 fully saturated rings. The minimum Gasteiger partial charge on any atom is -0.403 e. The van der Waals surface area contributed by atoms with Gasteiger partial charge in [0.25, 0.3) is 0 Å². The highest BCUT2D eigenvalue weighted by Gasteiger charge is 2.34. The molecule has 0 saturated carbocycles. The van der Waals surface area contributed by atoms with Gasteiger partial charge in [0.05, 0.1) is 5.71 Å². The number of benzene rings is 1. The predicted octanol–water partition coefficient (Wildman–Crippen LogP) is 6.13. The zero-order valence-corrected chi connectivity index (χ0v) is 20.8. The van der Waals surface area contributed by atoms with Crippen LogP contribution in [0, 0.1) is 5.92 Å². The van der Waals surface area contributed by atoms with Crippen LogP contribution < -0.4 is 11.1 Å². The van der Waals surface area contributed by atoms with Crippen LogP contribution >= 0.6 is 11.6 Å². The third-order valence-corrected chi connectivity index (χ3v) is 6.20. The van der Waals surface area contributed by atoms with E-state index in [1.807, 2.05) is 52.4 Å². The minimum absolute atomic E-state index is 0.221. The lowest BCUT2D eigenvalue weighted by molar-refractivity contribution is 0.357. The Kier molecular flexibility index (Phi) is 10.8. The molecule has 0 radical (unpaired) electrons. The average molecular weight is 455 g/mol. The molecule has 1 atom stereocenters. The second-order valence-corrected chi connectivity index (χ2v) is 8.50. The maximum atomic E-state index is 6.46. The SMILES string of the molecule is C=C1C=C(CCN(C)/C=C\N)c2cc(Cl)ccc2C(C2CCNCC2)C1=N/C=C\C.CC. The fourth-order valence-corrected chi connectivity index (χ4v) is 4.66. The lowest BCUT2D eigenvalue weighted by atomic mass is 9.75. The van der Waals surface area contributed by atoms with E-state index in [-0.39, 0.29) is 5.92 Å². The van der Waals surface area contributed by atoms with Crippen molar-refractivity contribution in [2.75, 3.05) is 26.7 Å². The molecule has 174 valence electrons. The highest BCUT2D eigenvalue weighted by molar-refractivity contribution is 6.30. The zero-order chi connectivity index (χ0) is 23.5. The van der Waals surface area contributed by atoms with Gasteiger partial charge in [0.2, 0.25) is 0 Å². The summed E-state index contributed by atoms with van der Waals surface area (Å²) in [6.45, 7) is 13.4. The van der Waals surface area contributed by atoms with Crippen LogP contribution in [0.4, 0.5) is 0 Å². The molecule has 1 aromatic rings. The smallest absolute Gasteiger partial charge is 0.0547 e. The number of nitrogens with one attached hydrogen (secondary N) is 1. The van der Waals surface area contributed by atoms with Crippen LogP contribution in [0.1, 0.15) is 57.1 Å². The molecular weight excluding hydrogens is 416 g/mol. The topological polar surface area (TPSA) is 53.6 Å². The standard InChI is InChI=1S/C25H33ClN4.C2H6/c1-4-11-29-25-18(2)16-20(9-14-30(3)15-10-27)23-17-21(26)5-6-22(23)24(25)19-7-12-28-13-8-19;1-2/h4-6,10-11,15-17,19,24,28H,2,7-9,12-14,27H2,1,3H3;1-2H3/b11-4-,15-10-,29-25?;. The molecular formula is C27H39ClN4. The number of hydrogen-bond acceptors (Lipinski definition) is 4. The van der Waals surface area contributed by atoms with E-state index in [4.69, 9.17) is 22.3 Å². The Hall–Kier alpha value is -2.30. The van der Waals surface area contributed by atoms with Crippen LogP contribution in [0.15, 0.2) is 66.1 Å². The van der Waals surface area contributed by atoms with E-state index < -0.39 is 0 Å². The van der Waals surface area contributed by atoms with Gasteiger partial charge in [-0.05, 0) is 85.7 Å². The molecule has 1 aliphatic carbocycles. The molecule has 1 unspecified atom stereocenters. The van der Waals surface area contributed by atoms with E-state index >= 15 is 0 Å². The summed E-state index contributed by atoms with van der Waals surface area (Å²) in [5.74, 6) is 0.751. The van der Waals surface area contributed by atoms with E-state index in [1.165, 1.54) is 16.7 Å². The van der Waals surface area contributed by atoms with Crippen molar-refractivity contribution >= 4 is 22.9 Å². The summed E-state index contributed by atoms with van der Waals surface area (Å²) in [7, 11) is 2.03. The van der Waals surface area contributed by atoms with Crippen LogP contribution in [-0.2, 0) is 0 Å². The number of allylic oxidation sites excluding steroid dienone is 3. The molecule has 0 aromatic heterocycles. The Bertz CT molecular complexity index is 876. The molecule has 32 heavy (non-hydrogen) atoms. The van der Waals surface area contributed by atoms with Crippen LogP contribution in [0.2, 0.25) is 5.02 Å². The van der Waals surface area contributed by atoms with Crippen LogP contribution in [-0.4, -0.2) is 37.3 Å². The second-order valence-electron chi connectivity index (χ2n) is 8.06. The molecule has 3 N–H and O–H groups in total. The van der Waals surface area contributed by atoms with Crippen LogP contribution in [0.25, 0.3) is 5.57 Å². The minimum atomic E-state index is 0.221. The summed E-state index contributed by atoms with van der Waals surface area (Å²) in [4.78, 5) is 6.98. The number of fused-ring (bicyclic) bond motifs is 1. The van der Waals surface area contributed by atoms with Crippen molar-refractivity contribution in [2.45, 2.75) is 46.0 Å². The average Bonchev–Trinajstić information content (AvgIpc) is 2.92. The lowest BCUT2D eigenvalue weighted by Gasteiger charge is -2.32. The molecule has 1 aliphatic heterocycles. The molecule has 1 heterocycles.